The summed E-state index contributed by atoms with van der Waals surface area (Å²) in [5, 5.41) is 5.61. The Bertz CT molecular complexity index is 1330. The minimum Gasteiger partial charge on any atom is -0.495 e. The van der Waals surface area contributed by atoms with Crippen LogP contribution < -0.4 is 31.6 Å². The van der Waals surface area contributed by atoms with Crippen molar-refractivity contribution in [1.82, 2.24) is 4.90 Å². The van der Waals surface area contributed by atoms with E-state index in [2.05, 4.69) is 27.2 Å². The quantitative estimate of drug-likeness (QED) is 0.158. The number of nitrogens with one attached hydrogen (secondary N) is 2. The average Bonchev–Trinajstić information content (AvgIpc) is 2.91. The van der Waals surface area contributed by atoms with E-state index in [1.807, 2.05) is 6.92 Å². The molecule has 0 aliphatic carbocycles. The summed E-state index contributed by atoms with van der Waals surface area (Å²) in [4.78, 5) is 35.0. The first-order valence-electron chi connectivity index (χ1n) is 11.9. The van der Waals surface area contributed by atoms with Gasteiger partial charge in [-0.25, -0.2) is 9.79 Å². The molecule has 0 spiro atoms. The highest BCUT2D eigenvalue weighted by Gasteiger charge is 2.21. The zero-order valence-corrected chi connectivity index (χ0v) is 24.4. The lowest BCUT2D eigenvalue weighted by Crippen LogP contribution is -2.33. The summed E-state index contributed by atoms with van der Waals surface area (Å²) in [5.41, 5.74) is 14.3. The van der Waals surface area contributed by atoms with E-state index in [1.165, 1.54) is 31.3 Å². The molecule has 6 N–H and O–H groups in total. The predicted octanol–water partition coefficient (Wildman–Crippen LogP) is 5.28. The second-order valence-electron chi connectivity index (χ2n) is 8.39. The molecule has 0 saturated heterocycles. The van der Waals surface area contributed by atoms with Gasteiger partial charge in [0.25, 0.3) is 0 Å². The molecule has 214 valence electrons. The standard InChI is InChI=1S/C27H33Cl2N7O4/c1-7-23(37)34-19-11-16(15(3)30)9-10-18(19)33-22(31)12-17(32-8-2)14-36(4)27(38)35-26-24(28)20(39-5)13-21(40-6)25(26)29/h7-13,15H,1,14,30H2,2-6H3,(H2,31,33)(H,34,37)(H,35,38)/b17-12-,32-8?. The summed E-state index contributed by atoms with van der Waals surface area (Å²) in [6, 6.07) is 5.92. The molecule has 2 aromatic rings. The van der Waals surface area contributed by atoms with Crippen LogP contribution in [0, 0.1) is 0 Å². The number of hydrogen-bond acceptors (Lipinski definition) is 7. The van der Waals surface area contributed by atoms with E-state index in [1.54, 1.807) is 38.4 Å². The number of nitrogens with zero attached hydrogens (tertiary/aromatic N) is 3. The molecule has 0 radical (unpaired) electrons. The van der Waals surface area contributed by atoms with Gasteiger partial charge in [-0.3, -0.25) is 9.79 Å². The molecule has 2 rings (SSSR count). The van der Waals surface area contributed by atoms with Gasteiger partial charge in [-0.2, -0.15) is 0 Å². The summed E-state index contributed by atoms with van der Waals surface area (Å²) in [5.74, 6) is 0.225. The molecular weight excluding hydrogens is 557 g/mol. The van der Waals surface area contributed by atoms with Crippen molar-refractivity contribution in [1.29, 1.82) is 0 Å². The van der Waals surface area contributed by atoms with Crippen LogP contribution in [0.25, 0.3) is 0 Å². The maximum absolute atomic E-state index is 13.0. The third kappa shape index (κ3) is 8.47. The van der Waals surface area contributed by atoms with Crippen LogP contribution in [0.5, 0.6) is 11.5 Å². The van der Waals surface area contributed by atoms with E-state index in [9.17, 15) is 9.59 Å². The molecule has 0 fully saturated rings. The Hall–Kier alpha value is -4.06. The van der Waals surface area contributed by atoms with Crippen molar-refractivity contribution in [3.63, 3.8) is 0 Å². The Kier molecular flexibility index (Phi) is 12.0. The van der Waals surface area contributed by atoms with Crippen LogP contribution in [0.1, 0.15) is 25.5 Å². The van der Waals surface area contributed by atoms with E-state index in [0.717, 1.165) is 11.6 Å². The first kappa shape index (κ1) is 32.2. The van der Waals surface area contributed by atoms with Crippen LogP contribution in [0.4, 0.5) is 21.9 Å². The third-order valence-corrected chi connectivity index (χ3v) is 6.15. The minimum atomic E-state index is -0.535. The van der Waals surface area contributed by atoms with Gasteiger partial charge in [-0.05, 0) is 37.6 Å². The SMILES string of the molecule is C=CC(=O)Nc1cc(C(C)N)ccc1N=C(N)/C=C(/CN(C)C(=O)Nc1c(Cl)c(OC)cc(OC)c1Cl)N=CC. The zero-order chi connectivity index (χ0) is 30.0. The minimum absolute atomic E-state index is 0.0480. The summed E-state index contributed by atoms with van der Waals surface area (Å²) in [6.45, 7) is 7.06. The number of hydrogen-bond donors (Lipinski definition) is 4. The summed E-state index contributed by atoms with van der Waals surface area (Å²) < 4.78 is 10.5. The van der Waals surface area contributed by atoms with Crippen molar-refractivity contribution in [2.45, 2.75) is 19.9 Å². The van der Waals surface area contributed by atoms with Crippen LogP contribution in [-0.2, 0) is 4.79 Å². The molecule has 40 heavy (non-hydrogen) atoms. The topological polar surface area (TPSA) is 157 Å². The number of amides is 3. The van der Waals surface area contributed by atoms with Crippen molar-refractivity contribution in [3.8, 4) is 11.5 Å². The van der Waals surface area contributed by atoms with Gasteiger partial charge in [-0.1, -0.05) is 35.8 Å². The largest absolute Gasteiger partial charge is 0.495 e. The highest BCUT2D eigenvalue weighted by molar-refractivity contribution is 6.41. The van der Waals surface area contributed by atoms with Gasteiger partial charge < -0.3 is 36.5 Å². The Morgan fingerprint density at radius 1 is 1.15 bits per heavy atom. The maximum Gasteiger partial charge on any atom is 0.322 e. The molecule has 11 nitrogen and oxygen atoms in total. The molecule has 0 saturated carbocycles. The number of aliphatic imine (C=N–C) groups is 2. The fraction of sp³-hybridized carbons (Fsp3) is 0.259. The molecule has 0 aliphatic rings. The van der Waals surface area contributed by atoms with Crippen molar-refractivity contribution >= 4 is 64.3 Å². The van der Waals surface area contributed by atoms with Crippen LogP contribution in [-0.4, -0.2) is 56.7 Å². The number of rotatable bonds is 11. The normalized spacial score (nSPS) is 12.6. The molecule has 1 unspecified atom stereocenters. The molecule has 0 aliphatic heterocycles. The molecule has 0 bridgehead atoms. The number of ether oxygens (including phenoxy) is 2. The average molecular weight is 591 g/mol. The predicted molar refractivity (Wildman–Crippen MR) is 163 cm³/mol. The van der Waals surface area contributed by atoms with E-state index < -0.39 is 11.9 Å². The summed E-state index contributed by atoms with van der Waals surface area (Å²) in [6.07, 6.45) is 4.21. The number of anilines is 2. The molecule has 3 amide bonds. The van der Waals surface area contributed by atoms with Gasteiger partial charge in [0.2, 0.25) is 5.91 Å². The van der Waals surface area contributed by atoms with E-state index >= 15 is 0 Å². The highest BCUT2D eigenvalue weighted by Crippen LogP contribution is 2.44. The van der Waals surface area contributed by atoms with Crippen molar-refractivity contribution < 1.29 is 19.1 Å². The van der Waals surface area contributed by atoms with E-state index in [0.29, 0.717) is 17.1 Å². The van der Waals surface area contributed by atoms with Crippen molar-refractivity contribution in [3.05, 3.63) is 64.3 Å². The van der Waals surface area contributed by atoms with E-state index in [-0.39, 0.29) is 45.7 Å². The lowest BCUT2D eigenvalue weighted by atomic mass is 10.1. The number of nitrogens with two attached hydrogens (primary N) is 2. The summed E-state index contributed by atoms with van der Waals surface area (Å²) in [7, 11) is 4.42. The van der Waals surface area contributed by atoms with Crippen molar-refractivity contribution in [2.24, 2.45) is 21.5 Å². The van der Waals surface area contributed by atoms with Gasteiger partial charge >= 0.3 is 6.03 Å². The molecule has 1 atom stereocenters. The number of likely N-dealkylation sites (N-methyl/N-ethyl adjacent to an activating group) is 1. The number of benzene rings is 2. The van der Waals surface area contributed by atoms with Crippen LogP contribution in [0.15, 0.2) is 58.7 Å². The number of carbonyl (C=O) groups is 2. The van der Waals surface area contributed by atoms with Crippen LogP contribution in [0.3, 0.4) is 0 Å². The first-order chi connectivity index (χ1) is 18.9. The van der Waals surface area contributed by atoms with Gasteiger partial charge in [0.05, 0.1) is 43.5 Å². The molecule has 0 aromatic heterocycles. The summed E-state index contributed by atoms with van der Waals surface area (Å²) >= 11 is 12.7. The number of carbonyl (C=O) groups excluding carboxylic acids is 2. The lowest BCUT2D eigenvalue weighted by Gasteiger charge is -2.20. The molecule has 2 aromatic carbocycles. The maximum atomic E-state index is 13.0. The third-order valence-electron chi connectivity index (χ3n) is 5.40. The van der Waals surface area contributed by atoms with Gasteiger partial charge in [0, 0.05) is 31.4 Å². The van der Waals surface area contributed by atoms with Gasteiger partial charge in [0.1, 0.15) is 27.4 Å². The number of amidine groups is 1. The zero-order valence-electron chi connectivity index (χ0n) is 22.9. The second kappa shape index (κ2) is 14.9. The first-order valence-corrected chi connectivity index (χ1v) is 12.7. The Balaban J connectivity index is 2.34. The Morgan fingerprint density at radius 3 is 2.30 bits per heavy atom. The van der Waals surface area contributed by atoms with Gasteiger partial charge in [-0.15, -0.1) is 0 Å². The monoisotopic (exact) mass is 589 g/mol. The second-order valence-corrected chi connectivity index (χ2v) is 9.14. The highest BCUT2D eigenvalue weighted by atomic mass is 35.5. The van der Waals surface area contributed by atoms with E-state index in [4.69, 9.17) is 44.1 Å². The number of halogens is 2. The molecular formula is C27H33Cl2N7O4. The van der Waals surface area contributed by atoms with Crippen LogP contribution >= 0.6 is 23.2 Å². The fourth-order valence-corrected chi connectivity index (χ4v) is 3.96. The number of urea groups is 1. The van der Waals surface area contributed by atoms with Crippen LogP contribution in [0.2, 0.25) is 10.0 Å². The Morgan fingerprint density at radius 2 is 1.77 bits per heavy atom. The smallest absolute Gasteiger partial charge is 0.322 e. The number of methoxy groups -OCH3 is 2. The fourth-order valence-electron chi connectivity index (χ4n) is 3.36. The Labute approximate surface area is 243 Å². The van der Waals surface area contributed by atoms with Gasteiger partial charge in [0.15, 0.2) is 0 Å². The molecule has 0 heterocycles. The lowest BCUT2D eigenvalue weighted by molar-refractivity contribution is -0.111. The van der Waals surface area contributed by atoms with Crippen molar-refractivity contribution in [2.75, 3.05) is 38.4 Å². The molecule has 13 heteroatoms.